The first kappa shape index (κ1) is 24.0. The van der Waals surface area contributed by atoms with Crippen LogP contribution >= 0.6 is 0 Å². The molecule has 2 aliphatic carbocycles. The topological polar surface area (TPSA) is 27.7 Å². The first-order chi connectivity index (χ1) is 15.7. The largest absolute Gasteiger partial charge is 0.493 e. The van der Waals surface area contributed by atoms with Crippen molar-refractivity contribution in [1.29, 1.82) is 0 Å². The fourth-order valence-corrected chi connectivity index (χ4v) is 6.23. The van der Waals surface area contributed by atoms with Gasteiger partial charge in [-0.2, -0.15) is 0 Å². The third-order valence-corrected chi connectivity index (χ3v) is 7.79. The Morgan fingerprint density at radius 2 is 1.00 bits per heavy atom. The first-order valence-corrected chi connectivity index (χ1v) is 12.9. The van der Waals surface area contributed by atoms with Gasteiger partial charge in [0.25, 0.3) is 0 Å². The maximum absolute atomic E-state index is 6.21. The third kappa shape index (κ3) is 3.82. The second-order valence-electron chi connectivity index (χ2n) is 11.0. The van der Waals surface area contributed by atoms with Gasteiger partial charge in [0.15, 0.2) is 11.5 Å². The zero-order valence-electron chi connectivity index (χ0n) is 21.9. The van der Waals surface area contributed by atoms with Crippen molar-refractivity contribution in [1.82, 2.24) is 0 Å². The van der Waals surface area contributed by atoms with E-state index >= 15 is 0 Å². The Hall–Kier alpha value is -2.16. The summed E-state index contributed by atoms with van der Waals surface area (Å²) >= 11 is 0. The van der Waals surface area contributed by atoms with Crippen molar-refractivity contribution in [2.24, 2.45) is 0 Å². The van der Waals surface area contributed by atoms with Crippen LogP contribution in [0.5, 0.6) is 17.2 Å². The SMILES string of the molecule is CCCOc1cc2c(cc1C)C(C)(C)C1c3cc(OCCC)c(OCCC)cc3C(C)(C)C21. The molecule has 0 bridgehead atoms. The Morgan fingerprint density at radius 3 is 1.48 bits per heavy atom. The van der Waals surface area contributed by atoms with E-state index in [1.165, 1.54) is 27.8 Å². The van der Waals surface area contributed by atoms with Gasteiger partial charge in [-0.3, -0.25) is 0 Å². The van der Waals surface area contributed by atoms with Crippen LogP contribution in [-0.2, 0) is 10.8 Å². The molecule has 2 atom stereocenters. The zero-order chi connectivity index (χ0) is 24.0. The maximum Gasteiger partial charge on any atom is 0.161 e. The highest BCUT2D eigenvalue weighted by Gasteiger charge is 2.58. The van der Waals surface area contributed by atoms with Gasteiger partial charge in [0.2, 0.25) is 0 Å². The summed E-state index contributed by atoms with van der Waals surface area (Å²) in [5.41, 5.74) is 7.02. The lowest BCUT2D eigenvalue weighted by atomic mass is 9.72. The lowest BCUT2D eigenvalue weighted by Crippen LogP contribution is -2.25. The van der Waals surface area contributed by atoms with Crippen molar-refractivity contribution in [3.63, 3.8) is 0 Å². The van der Waals surface area contributed by atoms with E-state index < -0.39 is 0 Å². The van der Waals surface area contributed by atoms with E-state index in [-0.39, 0.29) is 10.8 Å². The Bertz CT molecular complexity index is 1020. The van der Waals surface area contributed by atoms with Crippen LogP contribution in [0.4, 0.5) is 0 Å². The lowest BCUT2D eigenvalue weighted by Gasteiger charge is -2.31. The molecule has 33 heavy (non-hydrogen) atoms. The lowest BCUT2D eigenvalue weighted by molar-refractivity contribution is 0.267. The third-order valence-electron chi connectivity index (χ3n) is 7.79. The predicted molar refractivity (Wildman–Crippen MR) is 137 cm³/mol. The second-order valence-corrected chi connectivity index (χ2v) is 11.0. The van der Waals surface area contributed by atoms with Gasteiger partial charge in [0, 0.05) is 11.8 Å². The van der Waals surface area contributed by atoms with Crippen molar-refractivity contribution >= 4 is 0 Å². The fourth-order valence-electron chi connectivity index (χ4n) is 6.23. The van der Waals surface area contributed by atoms with E-state index in [1.807, 2.05) is 0 Å². The summed E-state index contributed by atoms with van der Waals surface area (Å²) in [5, 5.41) is 0. The van der Waals surface area contributed by atoms with E-state index in [0.717, 1.165) is 43.1 Å². The minimum Gasteiger partial charge on any atom is -0.493 e. The minimum atomic E-state index is -0.00653. The number of hydrogen-bond donors (Lipinski definition) is 0. The van der Waals surface area contributed by atoms with Crippen LogP contribution in [0.3, 0.4) is 0 Å². The Morgan fingerprint density at radius 1 is 0.606 bits per heavy atom. The molecule has 2 aromatic rings. The van der Waals surface area contributed by atoms with Crippen molar-refractivity contribution in [3.05, 3.63) is 52.1 Å². The van der Waals surface area contributed by atoms with Crippen molar-refractivity contribution in [3.8, 4) is 17.2 Å². The molecule has 3 heteroatoms. The summed E-state index contributed by atoms with van der Waals surface area (Å²) in [7, 11) is 0. The molecule has 0 saturated carbocycles. The molecule has 0 amide bonds. The van der Waals surface area contributed by atoms with Gasteiger partial charge >= 0.3 is 0 Å². The standard InChI is InChI=1S/C30H42O3/c1-9-12-31-24-16-20-22(15-19(24)4)29(5,6)28-21-17-25(32-13-10-2)26(33-14-11-3)18-23(21)30(7,8)27(20)28/h15-18,27-28H,9-14H2,1-8H3. The highest BCUT2D eigenvalue weighted by molar-refractivity contribution is 5.64. The Kier molecular flexibility index (Phi) is 6.46. The number of ether oxygens (including phenoxy) is 3. The van der Waals surface area contributed by atoms with E-state index in [2.05, 4.69) is 79.7 Å². The Balaban J connectivity index is 1.86. The molecule has 3 nitrogen and oxygen atoms in total. The molecule has 0 saturated heterocycles. The Labute approximate surface area is 200 Å². The van der Waals surface area contributed by atoms with E-state index in [9.17, 15) is 0 Å². The molecule has 0 fully saturated rings. The molecule has 2 unspecified atom stereocenters. The van der Waals surface area contributed by atoms with Gasteiger partial charge in [0.05, 0.1) is 19.8 Å². The van der Waals surface area contributed by atoms with Crippen LogP contribution in [0.15, 0.2) is 24.3 Å². The van der Waals surface area contributed by atoms with Gasteiger partial charge in [-0.15, -0.1) is 0 Å². The van der Waals surface area contributed by atoms with Crippen molar-refractivity contribution < 1.29 is 14.2 Å². The summed E-state index contributed by atoms with van der Waals surface area (Å²) in [6, 6.07) is 9.33. The molecule has 0 spiro atoms. The van der Waals surface area contributed by atoms with E-state index in [4.69, 9.17) is 14.2 Å². The first-order valence-electron chi connectivity index (χ1n) is 12.9. The molecule has 0 N–H and O–H groups in total. The average Bonchev–Trinajstić information content (AvgIpc) is 3.15. The highest BCUT2D eigenvalue weighted by atomic mass is 16.5. The minimum absolute atomic E-state index is 0.00653. The molecular formula is C30H42O3. The average molecular weight is 451 g/mol. The summed E-state index contributed by atoms with van der Waals surface area (Å²) < 4.78 is 18.5. The number of hydrogen-bond acceptors (Lipinski definition) is 3. The molecule has 180 valence electrons. The molecule has 0 heterocycles. The monoisotopic (exact) mass is 450 g/mol. The molecule has 4 rings (SSSR count). The molecule has 0 aromatic heterocycles. The van der Waals surface area contributed by atoms with Gasteiger partial charge in [-0.25, -0.2) is 0 Å². The normalized spacial score (nSPS) is 21.3. The highest BCUT2D eigenvalue weighted by Crippen LogP contribution is 2.68. The van der Waals surface area contributed by atoms with E-state index in [1.54, 1.807) is 0 Å². The number of aryl methyl sites for hydroxylation is 1. The molecular weight excluding hydrogens is 408 g/mol. The summed E-state index contributed by atoms with van der Waals surface area (Å²) in [4.78, 5) is 0. The van der Waals surface area contributed by atoms with E-state index in [0.29, 0.717) is 25.0 Å². The van der Waals surface area contributed by atoms with Crippen LogP contribution in [0, 0.1) is 6.92 Å². The van der Waals surface area contributed by atoms with Crippen LogP contribution < -0.4 is 14.2 Å². The molecule has 2 aliphatic rings. The van der Waals surface area contributed by atoms with Gasteiger partial charge in [-0.1, -0.05) is 54.5 Å². The van der Waals surface area contributed by atoms with Gasteiger partial charge in [-0.05, 0) is 83.0 Å². The van der Waals surface area contributed by atoms with Crippen molar-refractivity contribution in [2.75, 3.05) is 19.8 Å². The number of benzene rings is 2. The predicted octanol–water partition coefficient (Wildman–Crippen LogP) is 7.81. The molecule has 0 radical (unpaired) electrons. The second kappa shape index (κ2) is 8.89. The van der Waals surface area contributed by atoms with Crippen LogP contribution in [0.1, 0.15) is 107 Å². The number of rotatable bonds is 9. The quantitative estimate of drug-likeness (QED) is 0.390. The summed E-state index contributed by atoms with van der Waals surface area (Å²) in [6.45, 7) is 20.5. The van der Waals surface area contributed by atoms with Gasteiger partial charge in [0.1, 0.15) is 5.75 Å². The molecule has 0 aliphatic heterocycles. The van der Waals surface area contributed by atoms with Crippen LogP contribution in [0.25, 0.3) is 0 Å². The molecule has 2 aromatic carbocycles. The fraction of sp³-hybridized carbons (Fsp3) is 0.600. The smallest absolute Gasteiger partial charge is 0.161 e. The summed E-state index contributed by atoms with van der Waals surface area (Å²) in [5.74, 6) is 3.64. The van der Waals surface area contributed by atoms with Crippen LogP contribution in [0.2, 0.25) is 0 Å². The van der Waals surface area contributed by atoms with Crippen molar-refractivity contribution in [2.45, 2.75) is 97.3 Å². The maximum atomic E-state index is 6.21. The van der Waals surface area contributed by atoms with Gasteiger partial charge < -0.3 is 14.2 Å². The number of fused-ring (bicyclic) bond motifs is 5. The zero-order valence-corrected chi connectivity index (χ0v) is 21.9. The summed E-state index contributed by atoms with van der Waals surface area (Å²) in [6.07, 6.45) is 2.99. The van der Waals surface area contributed by atoms with Crippen LogP contribution in [-0.4, -0.2) is 19.8 Å².